The number of rotatable bonds is 4. The third-order valence-corrected chi connectivity index (χ3v) is 18.8. The van der Waals surface area contributed by atoms with Crippen molar-refractivity contribution in [1.29, 1.82) is 0 Å². The lowest BCUT2D eigenvalue weighted by Crippen LogP contribution is -2.13. The summed E-state index contributed by atoms with van der Waals surface area (Å²) in [5.74, 6) is 0. The van der Waals surface area contributed by atoms with Crippen LogP contribution in [0.15, 0.2) is 183 Å². The van der Waals surface area contributed by atoms with Crippen LogP contribution in [0.5, 0.6) is 0 Å². The van der Waals surface area contributed by atoms with E-state index < -0.39 is 20.1 Å². The minimum atomic E-state index is -1.30. The Morgan fingerprint density at radius 3 is 2.06 bits per heavy atom. The van der Waals surface area contributed by atoms with Gasteiger partial charge in [-0.15, -0.1) is 11.3 Å². The molecular formula is C50H39NS3. The molecule has 0 atom stereocenters. The lowest BCUT2D eigenvalue weighted by atomic mass is 9.97. The average Bonchev–Trinajstić information content (AvgIpc) is 3.78. The number of hydrogen-bond acceptors (Lipinski definition) is 2. The molecular weight excluding hydrogens is 711 g/mol. The molecule has 0 fully saturated rings. The van der Waals surface area contributed by atoms with Crippen LogP contribution >= 0.6 is 31.4 Å². The maximum Gasteiger partial charge on any atom is 0.0591 e. The number of nitrogens with zero attached hydrogens (tertiary/aromatic N) is 1. The van der Waals surface area contributed by atoms with Gasteiger partial charge >= 0.3 is 0 Å². The molecule has 0 bridgehead atoms. The molecule has 2 aliphatic rings. The fraction of sp³-hybridized carbons (Fsp3) is 0.0800. The second kappa shape index (κ2) is 11.6. The SMILES string of the molecule is CS1(C)c2cc(N(c3cccc(-c4cccc5ccccc45)c3)c3cccc4c3S(C)(C)c3ccccc3-4)ccc2-c2c1ccc1c2sc2ccccc21. The fourth-order valence-corrected chi connectivity index (χ4v) is 15.9. The smallest absolute Gasteiger partial charge is 0.0591 e. The molecule has 0 spiro atoms. The van der Waals surface area contributed by atoms with Crippen LogP contribution in [0.4, 0.5) is 17.1 Å². The van der Waals surface area contributed by atoms with Gasteiger partial charge in [-0.1, -0.05) is 115 Å². The Bertz CT molecular complexity index is 3020. The molecule has 0 aliphatic carbocycles. The van der Waals surface area contributed by atoms with E-state index in [2.05, 4.69) is 194 Å². The van der Waals surface area contributed by atoms with Crippen LogP contribution in [0.3, 0.4) is 0 Å². The quantitative estimate of drug-likeness (QED) is 0.173. The Morgan fingerprint density at radius 2 is 1.15 bits per heavy atom. The molecule has 0 saturated heterocycles. The molecule has 0 amide bonds. The van der Waals surface area contributed by atoms with Gasteiger partial charge in [-0.25, -0.2) is 0 Å². The second-order valence-corrected chi connectivity index (χ2v) is 23.4. The van der Waals surface area contributed by atoms with E-state index in [1.807, 2.05) is 11.3 Å². The van der Waals surface area contributed by atoms with Gasteiger partial charge in [0.25, 0.3) is 0 Å². The van der Waals surface area contributed by atoms with Crippen LogP contribution in [0, 0.1) is 0 Å². The topological polar surface area (TPSA) is 3.24 Å². The summed E-state index contributed by atoms with van der Waals surface area (Å²) in [5.41, 5.74) is 11.7. The maximum atomic E-state index is 2.57. The first-order valence-electron chi connectivity index (χ1n) is 18.5. The molecule has 0 radical (unpaired) electrons. The molecule has 3 heterocycles. The van der Waals surface area contributed by atoms with E-state index in [1.165, 1.54) is 101 Å². The standard InChI is InChI=1S/C50H39NS3/c1-53(2)46-29-28-40-38-19-7-9-24-44(38)52-49(40)48(46)42-27-26-35(31-47(42)53)51(43-23-13-22-41-39-20-8-10-25-45(39)54(3,4)50(41)43)34-17-11-16-33(30-34)37-21-12-15-32-14-5-6-18-36(32)37/h5-31H,1-4H3. The summed E-state index contributed by atoms with van der Waals surface area (Å²) in [6.45, 7) is 0. The van der Waals surface area contributed by atoms with E-state index in [4.69, 9.17) is 0 Å². The summed E-state index contributed by atoms with van der Waals surface area (Å²) >= 11 is 1.95. The van der Waals surface area contributed by atoms with Gasteiger partial charge in [0, 0.05) is 56.7 Å². The van der Waals surface area contributed by atoms with Crippen molar-refractivity contribution >= 4 is 79.4 Å². The van der Waals surface area contributed by atoms with Gasteiger partial charge in [0.15, 0.2) is 0 Å². The third kappa shape index (κ3) is 4.48. The zero-order valence-electron chi connectivity index (χ0n) is 30.8. The number of hydrogen-bond donors (Lipinski definition) is 0. The van der Waals surface area contributed by atoms with E-state index >= 15 is 0 Å². The van der Waals surface area contributed by atoms with Crippen molar-refractivity contribution in [3.63, 3.8) is 0 Å². The Kier molecular flexibility index (Phi) is 6.93. The van der Waals surface area contributed by atoms with Crippen LogP contribution in [0.2, 0.25) is 0 Å². The van der Waals surface area contributed by atoms with Crippen LogP contribution in [-0.2, 0) is 0 Å². The number of benzene rings is 8. The number of thiophene rings is 1. The Balaban J connectivity index is 1.15. The van der Waals surface area contributed by atoms with E-state index in [9.17, 15) is 0 Å². The highest BCUT2D eigenvalue weighted by molar-refractivity contribution is 8.33. The molecule has 54 heavy (non-hydrogen) atoms. The molecule has 11 rings (SSSR count). The van der Waals surface area contributed by atoms with Gasteiger partial charge in [-0.2, -0.15) is 20.1 Å². The van der Waals surface area contributed by atoms with Gasteiger partial charge in [0.1, 0.15) is 0 Å². The van der Waals surface area contributed by atoms with Crippen molar-refractivity contribution in [2.75, 3.05) is 29.9 Å². The molecule has 2 aliphatic heterocycles. The average molecular weight is 750 g/mol. The normalized spacial score (nSPS) is 15.8. The van der Waals surface area contributed by atoms with Crippen molar-refractivity contribution in [1.82, 2.24) is 0 Å². The Labute approximate surface area is 324 Å². The first-order valence-corrected chi connectivity index (χ1v) is 24.2. The summed E-state index contributed by atoms with van der Waals surface area (Å²) in [5, 5.41) is 5.27. The minimum absolute atomic E-state index is 1.18. The first-order chi connectivity index (χ1) is 26.3. The summed E-state index contributed by atoms with van der Waals surface area (Å²) in [7, 11) is -2.58. The van der Waals surface area contributed by atoms with Crippen molar-refractivity contribution in [3.05, 3.63) is 164 Å². The molecule has 0 N–H and O–H groups in total. The zero-order valence-corrected chi connectivity index (χ0v) is 33.2. The zero-order chi connectivity index (χ0) is 36.3. The van der Waals surface area contributed by atoms with Crippen molar-refractivity contribution in [3.8, 4) is 33.4 Å². The van der Waals surface area contributed by atoms with E-state index in [1.54, 1.807) is 0 Å². The lowest BCUT2D eigenvalue weighted by Gasteiger charge is -2.36. The van der Waals surface area contributed by atoms with Crippen molar-refractivity contribution < 1.29 is 0 Å². The predicted molar refractivity (Wildman–Crippen MR) is 240 cm³/mol. The Hall–Kier alpha value is -5.26. The second-order valence-electron chi connectivity index (χ2n) is 15.3. The first kappa shape index (κ1) is 32.2. The third-order valence-electron chi connectivity index (χ3n) is 11.8. The monoisotopic (exact) mass is 749 g/mol. The van der Waals surface area contributed by atoms with Gasteiger partial charge in [0.05, 0.1) is 5.69 Å². The maximum absolute atomic E-state index is 2.57. The van der Waals surface area contributed by atoms with Gasteiger partial charge < -0.3 is 4.90 Å². The molecule has 4 heteroatoms. The van der Waals surface area contributed by atoms with Crippen molar-refractivity contribution in [2.45, 2.75) is 19.6 Å². The van der Waals surface area contributed by atoms with Crippen molar-refractivity contribution in [2.24, 2.45) is 0 Å². The van der Waals surface area contributed by atoms with Crippen LogP contribution in [0.1, 0.15) is 0 Å². The molecule has 0 saturated carbocycles. The lowest BCUT2D eigenvalue weighted by molar-refractivity contribution is 1.22. The van der Waals surface area contributed by atoms with Gasteiger partial charge in [-0.3, -0.25) is 0 Å². The fourth-order valence-electron chi connectivity index (χ4n) is 9.26. The highest BCUT2D eigenvalue weighted by atomic mass is 32.3. The van der Waals surface area contributed by atoms with E-state index in [0.29, 0.717) is 0 Å². The molecule has 1 aromatic heterocycles. The van der Waals surface area contributed by atoms with E-state index in [0.717, 1.165) is 0 Å². The predicted octanol–water partition coefficient (Wildman–Crippen LogP) is 15.3. The van der Waals surface area contributed by atoms with Crippen LogP contribution in [0.25, 0.3) is 64.3 Å². The van der Waals surface area contributed by atoms with Gasteiger partial charge in [0.2, 0.25) is 0 Å². The molecule has 262 valence electrons. The molecule has 9 aromatic rings. The van der Waals surface area contributed by atoms with Crippen LogP contribution in [-0.4, -0.2) is 25.0 Å². The van der Waals surface area contributed by atoms with Gasteiger partial charge in [-0.05, 0) is 112 Å². The minimum Gasteiger partial charge on any atom is -0.309 e. The summed E-state index contributed by atoms with van der Waals surface area (Å²) in [6.07, 6.45) is 9.95. The number of fused-ring (bicyclic) bond motifs is 11. The van der Waals surface area contributed by atoms with E-state index in [-0.39, 0.29) is 0 Å². The highest BCUT2D eigenvalue weighted by Gasteiger charge is 2.38. The Morgan fingerprint density at radius 1 is 0.444 bits per heavy atom. The number of anilines is 3. The van der Waals surface area contributed by atoms with Crippen LogP contribution < -0.4 is 4.90 Å². The summed E-state index contributed by atoms with van der Waals surface area (Å²) < 4.78 is 2.78. The highest BCUT2D eigenvalue weighted by Crippen LogP contribution is 2.72. The summed E-state index contributed by atoms with van der Waals surface area (Å²) in [6, 6.07) is 61.8. The largest absolute Gasteiger partial charge is 0.309 e. The molecule has 1 nitrogen and oxygen atoms in total. The summed E-state index contributed by atoms with van der Waals surface area (Å²) in [4.78, 5) is 8.47. The molecule has 8 aromatic carbocycles. The molecule has 0 unspecified atom stereocenters.